The number of nitrogens with zero attached hydrogens (tertiary/aromatic N) is 2. The van der Waals surface area contributed by atoms with E-state index in [4.69, 9.17) is 24.8 Å². The summed E-state index contributed by atoms with van der Waals surface area (Å²) in [6, 6.07) is 13.6. The van der Waals surface area contributed by atoms with E-state index in [2.05, 4.69) is 25.9 Å². The second kappa shape index (κ2) is 11.0. The van der Waals surface area contributed by atoms with Crippen LogP contribution in [-0.4, -0.2) is 32.5 Å². The maximum Gasteiger partial charge on any atom is 0.335 e. The number of anilines is 5. The van der Waals surface area contributed by atoms with Gasteiger partial charge in [-0.3, -0.25) is 0 Å². The van der Waals surface area contributed by atoms with E-state index in [0.717, 1.165) is 28.4 Å². The zero-order valence-electron chi connectivity index (χ0n) is 16.0. The van der Waals surface area contributed by atoms with Gasteiger partial charge in [-0.25, -0.2) is 4.98 Å². The predicted molar refractivity (Wildman–Crippen MR) is 116 cm³/mol. The number of para-hydroxylation sites is 1. The van der Waals surface area contributed by atoms with Crippen molar-refractivity contribution >= 4 is 52.0 Å². The molecule has 0 aliphatic rings. The Morgan fingerprint density at radius 3 is 2.41 bits per heavy atom. The highest BCUT2D eigenvalue weighted by Gasteiger charge is 2.10. The summed E-state index contributed by atoms with van der Waals surface area (Å²) < 4.78 is 21.8. The first-order valence-corrected chi connectivity index (χ1v) is 9.46. The van der Waals surface area contributed by atoms with Gasteiger partial charge in [-0.2, -0.15) is 13.4 Å². The lowest BCUT2D eigenvalue weighted by atomic mass is 10.2. The van der Waals surface area contributed by atoms with E-state index in [0.29, 0.717) is 16.8 Å². The van der Waals surface area contributed by atoms with Gasteiger partial charge < -0.3 is 20.7 Å². The van der Waals surface area contributed by atoms with Gasteiger partial charge in [0.1, 0.15) is 10.8 Å². The molecule has 0 radical (unpaired) electrons. The summed E-state index contributed by atoms with van der Waals surface area (Å²) in [5, 5.41) is 10.0. The topological polar surface area (TPSA) is 105 Å². The van der Waals surface area contributed by atoms with Crippen LogP contribution in [0.25, 0.3) is 0 Å². The number of aryl methyl sites for hydroxylation is 1. The second-order valence-corrected chi connectivity index (χ2v) is 6.23. The third-order valence-corrected chi connectivity index (χ3v) is 4.16. The van der Waals surface area contributed by atoms with Crippen LogP contribution in [0.3, 0.4) is 0 Å². The van der Waals surface area contributed by atoms with Gasteiger partial charge in [-0.05, 0) is 30.7 Å². The monoisotopic (exact) mass is 433 g/mol. The van der Waals surface area contributed by atoms with Crippen molar-refractivity contribution in [3.05, 3.63) is 59.2 Å². The van der Waals surface area contributed by atoms with Crippen LogP contribution in [0.5, 0.6) is 5.75 Å². The molecule has 0 atom stereocenters. The van der Waals surface area contributed by atoms with Gasteiger partial charge in [-0.15, -0.1) is 0 Å². The summed E-state index contributed by atoms with van der Waals surface area (Å²) in [4.78, 5) is 8.75. The van der Waals surface area contributed by atoms with Gasteiger partial charge in [0.2, 0.25) is 5.95 Å². The van der Waals surface area contributed by atoms with Crippen molar-refractivity contribution in [3.8, 4) is 5.75 Å². The number of rotatable bonds is 6. The Kier molecular flexibility index (Phi) is 8.38. The summed E-state index contributed by atoms with van der Waals surface area (Å²) in [5.41, 5.74) is 3.75. The van der Waals surface area contributed by atoms with E-state index in [-0.39, 0.29) is 0 Å². The molecule has 0 saturated heterocycles. The van der Waals surface area contributed by atoms with E-state index in [9.17, 15) is 0 Å². The molecule has 3 aromatic rings. The van der Waals surface area contributed by atoms with Gasteiger partial charge in [-0.1, -0.05) is 29.8 Å². The van der Waals surface area contributed by atoms with Crippen LogP contribution in [0, 0.1) is 6.92 Å². The summed E-state index contributed by atoms with van der Waals surface area (Å²) >= 11 is 5.52. The number of aromatic nitrogens is 2. The molecule has 29 heavy (non-hydrogen) atoms. The quantitative estimate of drug-likeness (QED) is 0.528. The zero-order chi connectivity index (χ0) is 21.2. The molecule has 0 aliphatic carbocycles. The molecule has 3 N–H and O–H groups in total. The minimum Gasteiger partial charge on any atom is -0.497 e. The van der Waals surface area contributed by atoms with Gasteiger partial charge in [0, 0.05) is 18.8 Å². The van der Waals surface area contributed by atoms with Crippen LogP contribution >= 0.6 is 11.6 Å². The van der Waals surface area contributed by atoms with Crippen molar-refractivity contribution in [1.29, 1.82) is 0 Å². The fourth-order valence-corrected chi connectivity index (χ4v) is 2.58. The van der Waals surface area contributed by atoms with E-state index in [1.165, 1.54) is 0 Å². The molecule has 1 heterocycles. The highest BCUT2D eigenvalue weighted by Crippen LogP contribution is 2.31. The molecular formula is C19H20ClN5O3S. The fourth-order valence-electron chi connectivity index (χ4n) is 2.44. The number of halogens is 1. The number of hydrogen-bond donors (Lipinski definition) is 3. The highest BCUT2D eigenvalue weighted by atomic mass is 35.5. The summed E-state index contributed by atoms with van der Waals surface area (Å²) in [6.45, 7) is 2.02. The van der Waals surface area contributed by atoms with Crippen LogP contribution in [0.4, 0.5) is 28.8 Å². The molecular weight excluding hydrogens is 414 g/mol. The number of methoxy groups -OCH3 is 1. The van der Waals surface area contributed by atoms with Crippen molar-refractivity contribution in [2.24, 2.45) is 0 Å². The SMILES string of the molecule is CNc1cc(OC)ccc1Nc1nc(Nc2ccccc2C)ncc1Cl.O=S=O. The third-order valence-electron chi connectivity index (χ3n) is 3.88. The standard InChI is InChI=1S/C19H20ClN5O.O2S/c1-12-6-4-5-7-15(12)24-19-22-11-14(20)18(25-19)23-16-9-8-13(26-3)10-17(16)21-2;1-3-2/h4-11,21H,1-3H3,(H2,22,23,24,25);. The molecule has 0 bridgehead atoms. The molecule has 0 fully saturated rings. The Morgan fingerprint density at radius 1 is 1.03 bits per heavy atom. The van der Waals surface area contributed by atoms with Crippen LogP contribution in [0.15, 0.2) is 48.7 Å². The molecule has 10 heteroatoms. The van der Waals surface area contributed by atoms with Gasteiger partial charge in [0.25, 0.3) is 0 Å². The Morgan fingerprint density at radius 2 is 1.76 bits per heavy atom. The Hall–Kier alpha value is -3.17. The summed E-state index contributed by atoms with van der Waals surface area (Å²) in [7, 11) is 3.47. The molecule has 0 amide bonds. The molecule has 8 nitrogen and oxygen atoms in total. The normalized spacial score (nSPS) is 9.66. The Bertz CT molecular complexity index is 1010. The predicted octanol–water partition coefficient (Wildman–Crippen LogP) is 4.31. The Labute approximate surface area is 177 Å². The average molecular weight is 434 g/mol. The molecule has 152 valence electrons. The fraction of sp³-hybridized carbons (Fsp3) is 0.158. The first-order valence-electron chi connectivity index (χ1n) is 8.42. The van der Waals surface area contributed by atoms with E-state index >= 15 is 0 Å². The largest absolute Gasteiger partial charge is 0.497 e. The van der Waals surface area contributed by atoms with Crippen molar-refractivity contribution in [1.82, 2.24) is 9.97 Å². The summed E-state index contributed by atoms with van der Waals surface area (Å²) in [5.74, 6) is 1.74. The molecule has 2 aromatic carbocycles. The lowest BCUT2D eigenvalue weighted by molar-refractivity contribution is 0.415. The minimum absolute atomic E-state index is 0.429. The maximum absolute atomic E-state index is 8.29. The van der Waals surface area contributed by atoms with E-state index < -0.39 is 11.6 Å². The number of benzene rings is 2. The van der Waals surface area contributed by atoms with Crippen molar-refractivity contribution < 1.29 is 13.2 Å². The van der Waals surface area contributed by atoms with Crippen molar-refractivity contribution in [2.45, 2.75) is 6.92 Å². The lowest BCUT2D eigenvalue weighted by Crippen LogP contribution is -2.04. The van der Waals surface area contributed by atoms with Crippen LogP contribution in [0.2, 0.25) is 5.02 Å². The first-order chi connectivity index (χ1) is 14.0. The molecule has 0 aliphatic heterocycles. The maximum atomic E-state index is 8.29. The van der Waals surface area contributed by atoms with Crippen molar-refractivity contribution in [2.75, 3.05) is 30.1 Å². The highest BCUT2D eigenvalue weighted by molar-refractivity contribution is 7.51. The van der Waals surface area contributed by atoms with Gasteiger partial charge in [0.05, 0.1) is 24.7 Å². The number of nitrogens with one attached hydrogen (secondary N) is 3. The second-order valence-electron chi connectivity index (χ2n) is 5.68. The van der Waals surface area contributed by atoms with Crippen LogP contribution in [0.1, 0.15) is 5.56 Å². The third kappa shape index (κ3) is 6.16. The Balaban J connectivity index is 0.000000941. The lowest BCUT2D eigenvalue weighted by Gasteiger charge is -2.14. The number of ether oxygens (including phenoxy) is 1. The molecule has 0 saturated carbocycles. The minimum atomic E-state index is -0.750. The number of hydrogen-bond acceptors (Lipinski definition) is 8. The van der Waals surface area contributed by atoms with Gasteiger partial charge in [0.15, 0.2) is 5.82 Å². The van der Waals surface area contributed by atoms with E-state index in [1.807, 2.05) is 56.4 Å². The average Bonchev–Trinajstić information content (AvgIpc) is 2.73. The molecule has 1 aromatic heterocycles. The van der Waals surface area contributed by atoms with Crippen LogP contribution in [-0.2, 0) is 11.6 Å². The van der Waals surface area contributed by atoms with Crippen LogP contribution < -0.4 is 20.7 Å². The first kappa shape index (κ1) is 22.1. The smallest absolute Gasteiger partial charge is 0.335 e. The molecule has 0 unspecified atom stereocenters. The zero-order valence-corrected chi connectivity index (χ0v) is 17.6. The van der Waals surface area contributed by atoms with Gasteiger partial charge >= 0.3 is 11.6 Å². The molecule has 3 rings (SSSR count). The van der Waals surface area contributed by atoms with Crippen molar-refractivity contribution in [3.63, 3.8) is 0 Å². The summed E-state index contributed by atoms with van der Waals surface area (Å²) in [6.07, 6.45) is 1.57. The van der Waals surface area contributed by atoms with E-state index in [1.54, 1.807) is 13.3 Å². The molecule has 0 spiro atoms.